The second-order valence-corrected chi connectivity index (χ2v) is 3.79. The number of benzene rings is 1. The molecule has 106 valence electrons. The molecule has 0 radical (unpaired) electrons. The average molecular weight is 287 g/mol. The monoisotopic (exact) mass is 287 g/mol. The maximum Gasteiger partial charge on any atom is 0.388 e. The van der Waals surface area contributed by atoms with Crippen molar-refractivity contribution in [2.75, 3.05) is 0 Å². The number of nitro groups is 1. The molecule has 0 bridgehead atoms. The number of rotatable bonds is 4. The summed E-state index contributed by atoms with van der Waals surface area (Å²) in [7, 11) is 1.37. The summed E-state index contributed by atoms with van der Waals surface area (Å²) in [5.41, 5.74) is -0.339. The molecule has 0 atom stereocenters. The summed E-state index contributed by atoms with van der Waals surface area (Å²) >= 11 is 0. The molecule has 2 aromatic rings. The molecule has 0 saturated carbocycles. The summed E-state index contributed by atoms with van der Waals surface area (Å²) in [6.45, 7) is -3.01. The van der Waals surface area contributed by atoms with Crippen LogP contribution in [0.2, 0.25) is 0 Å². The van der Waals surface area contributed by atoms with Crippen molar-refractivity contribution in [1.29, 1.82) is 0 Å². The zero-order valence-corrected chi connectivity index (χ0v) is 10.1. The van der Waals surface area contributed by atoms with Crippen LogP contribution in [0, 0.1) is 15.9 Å². The van der Waals surface area contributed by atoms with Crippen molar-refractivity contribution in [2.24, 2.45) is 7.05 Å². The van der Waals surface area contributed by atoms with Gasteiger partial charge in [-0.25, -0.2) is 4.68 Å². The third-order valence-electron chi connectivity index (χ3n) is 2.49. The standard InChI is InChI=1S/C11H8F3N3O3/c1-16-10(20-11(13)14)5-8(15-16)6-2-3-7(12)9(4-6)17(18)19/h2-5,11H,1H3. The van der Waals surface area contributed by atoms with E-state index in [0.29, 0.717) is 0 Å². The zero-order valence-electron chi connectivity index (χ0n) is 10.1. The molecule has 0 N–H and O–H groups in total. The molecule has 0 aliphatic carbocycles. The van der Waals surface area contributed by atoms with Gasteiger partial charge in [0, 0.05) is 24.7 Å². The van der Waals surface area contributed by atoms with E-state index in [4.69, 9.17) is 0 Å². The third kappa shape index (κ3) is 2.71. The third-order valence-corrected chi connectivity index (χ3v) is 2.49. The number of hydrogen-bond donors (Lipinski definition) is 0. The highest BCUT2D eigenvalue weighted by atomic mass is 19.3. The van der Waals surface area contributed by atoms with Gasteiger partial charge in [0.15, 0.2) is 0 Å². The Labute approximate surface area is 110 Å². The fourth-order valence-corrected chi connectivity index (χ4v) is 1.60. The molecule has 20 heavy (non-hydrogen) atoms. The lowest BCUT2D eigenvalue weighted by atomic mass is 10.1. The van der Waals surface area contributed by atoms with Crippen molar-refractivity contribution in [3.8, 4) is 17.1 Å². The Morgan fingerprint density at radius 2 is 2.10 bits per heavy atom. The molecule has 0 unspecified atom stereocenters. The van der Waals surface area contributed by atoms with Crippen LogP contribution in [-0.4, -0.2) is 21.3 Å². The number of hydrogen-bond acceptors (Lipinski definition) is 4. The number of nitro benzene ring substituents is 1. The summed E-state index contributed by atoms with van der Waals surface area (Å²) < 4.78 is 42.7. The molecule has 0 fully saturated rings. The maximum absolute atomic E-state index is 13.2. The highest BCUT2D eigenvalue weighted by molar-refractivity contribution is 5.63. The molecule has 0 saturated heterocycles. The van der Waals surface area contributed by atoms with Gasteiger partial charge in [-0.15, -0.1) is 0 Å². The van der Waals surface area contributed by atoms with Crippen LogP contribution < -0.4 is 4.74 Å². The predicted octanol–water partition coefficient (Wildman–Crippen LogP) is 2.74. The minimum atomic E-state index is -3.01. The van der Waals surface area contributed by atoms with Crippen molar-refractivity contribution in [3.05, 3.63) is 40.2 Å². The molecule has 6 nitrogen and oxygen atoms in total. The van der Waals surface area contributed by atoms with Crippen molar-refractivity contribution < 1.29 is 22.8 Å². The lowest BCUT2D eigenvalue weighted by molar-refractivity contribution is -0.387. The first-order valence-electron chi connectivity index (χ1n) is 5.31. The minimum absolute atomic E-state index is 0.159. The Kier molecular flexibility index (Phi) is 3.59. The number of aromatic nitrogens is 2. The first kappa shape index (κ1) is 13.8. The molecule has 1 aromatic heterocycles. The molecule has 1 heterocycles. The first-order chi connectivity index (χ1) is 9.38. The van der Waals surface area contributed by atoms with Gasteiger partial charge in [-0.1, -0.05) is 0 Å². The smallest absolute Gasteiger partial charge is 0.388 e. The molecule has 0 spiro atoms. The normalized spacial score (nSPS) is 10.8. The van der Waals surface area contributed by atoms with Crippen molar-refractivity contribution in [3.63, 3.8) is 0 Å². The molecule has 0 aliphatic rings. The van der Waals surface area contributed by atoms with Gasteiger partial charge in [-0.3, -0.25) is 10.1 Å². The van der Waals surface area contributed by atoms with Gasteiger partial charge in [-0.05, 0) is 12.1 Å². The average Bonchev–Trinajstić information content (AvgIpc) is 2.70. The van der Waals surface area contributed by atoms with E-state index >= 15 is 0 Å². The first-order valence-corrected chi connectivity index (χ1v) is 5.31. The Morgan fingerprint density at radius 3 is 2.70 bits per heavy atom. The van der Waals surface area contributed by atoms with Gasteiger partial charge in [0.1, 0.15) is 0 Å². The van der Waals surface area contributed by atoms with Gasteiger partial charge >= 0.3 is 12.3 Å². The lowest BCUT2D eigenvalue weighted by Gasteiger charge is -2.01. The van der Waals surface area contributed by atoms with E-state index in [9.17, 15) is 23.3 Å². The van der Waals surface area contributed by atoms with Gasteiger partial charge < -0.3 is 4.74 Å². The molecule has 1 aromatic carbocycles. The van der Waals surface area contributed by atoms with Gasteiger partial charge in [0.2, 0.25) is 11.7 Å². The van der Waals surface area contributed by atoms with Crippen LogP contribution in [0.1, 0.15) is 0 Å². The quantitative estimate of drug-likeness (QED) is 0.640. The van der Waals surface area contributed by atoms with E-state index in [1.165, 1.54) is 19.2 Å². The molecular formula is C11H8F3N3O3. The molecule has 0 amide bonds. The topological polar surface area (TPSA) is 70.2 Å². The van der Waals surface area contributed by atoms with E-state index < -0.39 is 23.0 Å². The Hall–Kier alpha value is -2.58. The molecule has 0 aliphatic heterocycles. The van der Waals surface area contributed by atoms with Crippen LogP contribution in [-0.2, 0) is 7.05 Å². The summed E-state index contributed by atoms with van der Waals surface area (Å²) in [6, 6.07) is 4.33. The summed E-state index contributed by atoms with van der Waals surface area (Å²) in [6.07, 6.45) is 0. The van der Waals surface area contributed by atoms with E-state index in [2.05, 4.69) is 9.84 Å². The van der Waals surface area contributed by atoms with Crippen molar-refractivity contribution in [1.82, 2.24) is 9.78 Å². The van der Waals surface area contributed by atoms with E-state index in [-0.39, 0.29) is 17.1 Å². The number of alkyl halides is 2. The highest BCUT2D eigenvalue weighted by Gasteiger charge is 2.18. The second kappa shape index (κ2) is 5.19. The zero-order chi connectivity index (χ0) is 14.9. The fraction of sp³-hybridized carbons (Fsp3) is 0.182. The largest absolute Gasteiger partial charge is 0.417 e. The highest BCUT2D eigenvalue weighted by Crippen LogP contribution is 2.28. The van der Waals surface area contributed by atoms with Crippen LogP contribution in [0.25, 0.3) is 11.3 Å². The summed E-state index contributed by atoms with van der Waals surface area (Å²) in [5.74, 6) is -1.19. The molecule has 2 rings (SSSR count). The SMILES string of the molecule is Cn1nc(-c2ccc(F)c([N+](=O)[O-])c2)cc1OC(F)F. The maximum atomic E-state index is 13.2. The number of aryl methyl sites for hydroxylation is 1. The van der Waals surface area contributed by atoms with Crippen LogP contribution in [0.4, 0.5) is 18.9 Å². The van der Waals surface area contributed by atoms with Crippen LogP contribution in [0.3, 0.4) is 0 Å². The Morgan fingerprint density at radius 1 is 1.40 bits per heavy atom. The predicted molar refractivity (Wildman–Crippen MR) is 61.9 cm³/mol. The summed E-state index contributed by atoms with van der Waals surface area (Å²) in [4.78, 5) is 9.76. The molecule has 9 heteroatoms. The molecular weight excluding hydrogens is 279 g/mol. The van der Waals surface area contributed by atoms with Crippen molar-refractivity contribution in [2.45, 2.75) is 6.61 Å². The van der Waals surface area contributed by atoms with Crippen LogP contribution in [0.5, 0.6) is 5.88 Å². The number of ether oxygens (including phenoxy) is 1. The second-order valence-electron chi connectivity index (χ2n) is 3.79. The van der Waals surface area contributed by atoms with Crippen LogP contribution in [0.15, 0.2) is 24.3 Å². The number of halogens is 3. The van der Waals surface area contributed by atoms with E-state index in [0.717, 1.165) is 16.8 Å². The number of nitrogens with zero attached hydrogens (tertiary/aromatic N) is 3. The fourth-order valence-electron chi connectivity index (χ4n) is 1.60. The minimum Gasteiger partial charge on any atom is -0.417 e. The van der Waals surface area contributed by atoms with Gasteiger partial charge in [0.25, 0.3) is 0 Å². The Balaban J connectivity index is 2.42. The van der Waals surface area contributed by atoms with Crippen molar-refractivity contribution >= 4 is 5.69 Å². The lowest BCUT2D eigenvalue weighted by Crippen LogP contribution is -2.05. The summed E-state index contributed by atoms with van der Waals surface area (Å²) in [5, 5.41) is 14.5. The Bertz CT molecular complexity index is 658. The van der Waals surface area contributed by atoms with Crippen LogP contribution >= 0.6 is 0 Å². The van der Waals surface area contributed by atoms with E-state index in [1.54, 1.807) is 0 Å². The van der Waals surface area contributed by atoms with E-state index in [1.807, 2.05) is 0 Å². The van der Waals surface area contributed by atoms with Gasteiger partial charge in [0.05, 0.1) is 10.6 Å². The van der Waals surface area contributed by atoms with Gasteiger partial charge in [-0.2, -0.15) is 18.3 Å².